The van der Waals surface area contributed by atoms with Crippen molar-refractivity contribution in [3.63, 3.8) is 0 Å². The van der Waals surface area contributed by atoms with E-state index in [1.807, 2.05) is 73.1 Å². The number of pyridine rings is 1. The Balaban J connectivity index is 1.78. The number of fused-ring (bicyclic) bond motifs is 1. The lowest BCUT2D eigenvalue weighted by atomic mass is 9.89. The molecule has 7 heteroatoms. The SMILES string of the molecule is CCOc1ccc(NC(=O)C2(C)c3cccc[n+]3CC(=O)N2c2ccc(C)c(Br)c2)cc1. The number of benzene rings is 2. The Morgan fingerprint density at radius 1 is 1.19 bits per heavy atom. The summed E-state index contributed by atoms with van der Waals surface area (Å²) in [6, 6.07) is 18.5. The van der Waals surface area contributed by atoms with Crippen LogP contribution in [0.1, 0.15) is 25.1 Å². The molecule has 0 saturated heterocycles. The Morgan fingerprint density at radius 3 is 2.62 bits per heavy atom. The Bertz CT molecular complexity index is 1180. The predicted molar refractivity (Wildman–Crippen MR) is 127 cm³/mol. The zero-order valence-electron chi connectivity index (χ0n) is 18.3. The van der Waals surface area contributed by atoms with Gasteiger partial charge < -0.3 is 10.1 Å². The molecule has 2 amide bonds. The van der Waals surface area contributed by atoms with E-state index in [1.54, 1.807) is 24.0 Å². The average molecular weight is 495 g/mol. The maximum Gasteiger partial charge on any atom is 0.294 e. The van der Waals surface area contributed by atoms with Gasteiger partial charge in [-0.25, -0.2) is 0 Å². The summed E-state index contributed by atoms with van der Waals surface area (Å²) < 4.78 is 8.20. The number of nitrogens with zero attached hydrogens (tertiary/aromatic N) is 2. The highest BCUT2D eigenvalue weighted by molar-refractivity contribution is 9.10. The van der Waals surface area contributed by atoms with Crippen LogP contribution < -0.4 is 19.5 Å². The molecule has 0 aliphatic carbocycles. The van der Waals surface area contributed by atoms with Gasteiger partial charge in [0.2, 0.25) is 17.8 Å². The highest BCUT2D eigenvalue weighted by Crippen LogP contribution is 2.37. The summed E-state index contributed by atoms with van der Waals surface area (Å²) in [5.41, 5.74) is 1.81. The summed E-state index contributed by atoms with van der Waals surface area (Å²) in [6.45, 7) is 6.42. The van der Waals surface area contributed by atoms with E-state index in [9.17, 15) is 9.59 Å². The third-order valence-electron chi connectivity index (χ3n) is 5.72. The van der Waals surface area contributed by atoms with Crippen LogP contribution in [-0.2, 0) is 21.7 Å². The van der Waals surface area contributed by atoms with Crippen molar-refractivity contribution in [2.45, 2.75) is 32.9 Å². The molecule has 1 aliphatic rings. The Labute approximate surface area is 196 Å². The van der Waals surface area contributed by atoms with Crippen molar-refractivity contribution in [3.8, 4) is 5.75 Å². The Kier molecular flexibility index (Phi) is 6.02. The quantitative estimate of drug-likeness (QED) is 0.536. The molecule has 0 bridgehead atoms. The van der Waals surface area contributed by atoms with Gasteiger partial charge in [0.1, 0.15) is 5.75 Å². The van der Waals surface area contributed by atoms with E-state index < -0.39 is 5.54 Å². The first-order valence-corrected chi connectivity index (χ1v) is 11.3. The van der Waals surface area contributed by atoms with E-state index in [4.69, 9.17) is 4.74 Å². The smallest absolute Gasteiger partial charge is 0.294 e. The summed E-state index contributed by atoms with van der Waals surface area (Å²) >= 11 is 3.56. The zero-order valence-corrected chi connectivity index (χ0v) is 19.8. The predicted octanol–water partition coefficient (Wildman–Crippen LogP) is 4.34. The highest BCUT2D eigenvalue weighted by Gasteiger charge is 2.54. The van der Waals surface area contributed by atoms with Crippen molar-refractivity contribution in [2.24, 2.45) is 0 Å². The van der Waals surface area contributed by atoms with E-state index >= 15 is 0 Å². The van der Waals surface area contributed by atoms with Crippen molar-refractivity contribution >= 4 is 39.1 Å². The van der Waals surface area contributed by atoms with Crippen LogP contribution in [0.4, 0.5) is 11.4 Å². The second kappa shape index (κ2) is 8.74. The van der Waals surface area contributed by atoms with Gasteiger partial charge in [-0.05, 0) is 62.7 Å². The summed E-state index contributed by atoms with van der Waals surface area (Å²) in [4.78, 5) is 28.7. The summed E-state index contributed by atoms with van der Waals surface area (Å²) in [5.74, 6) is 0.275. The summed E-state index contributed by atoms with van der Waals surface area (Å²) in [6.07, 6.45) is 1.83. The lowest BCUT2D eigenvalue weighted by molar-refractivity contribution is -0.697. The fraction of sp³-hybridized carbons (Fsp3) is 0.240. The molecule has 164 valence electrons. The van der Waals surface area contributed by atoms with Crippen molar-refractivity contribution < 1.29 is 18.9 Å². The first kappa shape index (κ1) is 22.0. The molecule has 3 aromatic rings. The molecule has 1 unspecified atom stereocenters. The van der Waals surface area contributed by atoms with Crippen molar-refractivity contribution in [2.75, 3.05) is 16.8 Å². The fourth-order valence-electron chi connectivity index (χ4n) is 4.03. The fourth-order valence-corrected chi connectivity index (χ4v) is 4.40. The molecule has 2 heterocycles. The second-order valence-electron chi connectivity index (χ2n) is 7.86. The van der Waals surface area contributed by atoms with Gasteiger partial charge in [-0.1, -0.05) is 28.1 Å². The topological polar surface area (TPSA) is 62.5 Å². The van der Waals surface area contributed by atoms with Crippen molar-refractivity contribution in [1.82, 2.24) is 0 Å². The number of carbonyl (C=O) groups excluding carboxylic acids is 2. The van der Waals surface area contributed by atoms with Gasteiger partial charge in [-0.2, -0.15) is 4.57 Å². The monoisotopic (exact) mass is 494 g/mol. The van der Waals surface area contributed by atoms with Crippen LogP contribution >= 0.6 is 15.9 Å². The normalized spacial score (nSPS) is 17.6. The Morgan fingerprint density at radius 2 is 1.94 bits per heavy atom. The number of hydrogen-bond acceptors (Lipinski definition) is 3. The molecule has 4 rings (SSSR count). The number of ether oxygens (including phenoxy) is 1. The average Bonchev–Trinajstić information content (AvgIpc) is 2.77. The van der Waals surface area contributed by atoms with Gasteiger partial charge in [0.15, 0.2) is 6.20 Å². The molecule has 0 saturated carbocycles. The molecule has 1 N–H and O–H groups in total. The van der Waals surface area contributed by atoms with Crippen LogP contribution in [0.5, 0.6) is 5.75 Å². The van der Waals surface area contributed by atoms with Crippen LogP contribution in [0.15, 0.2) is 71.3 Å². The van der Waals surface area contributed by atoms with Gasteiger partial charge >= 0.3 is 0 Å². The van der Waals surface area contributed by atoms with Crippen LogP contribution in [0.3, 0.4) is 0 Å². The van der Waals surface area contributed by atoms with Gasteiger partial charge in [0.25, 0.3) is 11.8 Å². The lowest BCUT2D eigenvalue weighted by Crippen LogP contribution is -2.67. The number of aryl methyl sites for hydroxylation is 1. The van der Waals surface area contributed by atoms with Crippen molar-refractivity contribution in [3.05, 3.63) is 82.6 Å². The van der Waals surface area contributed by atoms with Gasteiger partial charge in [0, 0.05) is 28.0 Å². The van der Waals surface area contributed by atoms with Crippen molar-refractivity contribution in [1.29, 1.82) is 0 Å². The molecule has 1 atom stereocenters. The van der Waals surface area contributed by atoms with E-state index in [0.29, 0.717) is 18.0 Å². The van der Waals surface area contributed by atoms with Crippen LogP contribution in [0, 0.1) is 6.92 Å². The van der Waals surface area contributed by atoms with Gasteiger partial charge in [-0.3, -0.25) is 14.5 Å². The number of rotatable bonds is 5. The first-order valence-electron chi connectivity index (χ1n) is 10.5. The number of amides is 2. The molecule has 6 nitrogen and oxygen atoms in total. The maximum atomic E-state index is 13.8. The van der Waals surface area contributed by atoms with E-state index in [1.165, 1.54) is 0 Å². The lowest BCUT2D eigenvalue weighted by Gasteiger charge is -2.40. The molecule has 0 fully saturated rings. The van der Waals surface area contributed by atoms with Crippen LogP contribution in [-0.4, -0.2) is 18.4 Å². The van der Waals surface area contributed by atoms with Crippen LogP contribution in [0.25, 0.3) is 0 Å². The minimum absolute atomic E-state index is 0.159. The third kappa shape index (κ3) is 3.88. The zero-order chi connectivity index (χ0) is 22.9. The molecule has 0 radical (unpaired) electrons. The number of carbonyl (C=O) groups is 2. The van der Waals surface area contributed by atoms with Crippen LogP contribution in [0.2, 0.25) is 0 Å². The third-order valence-corrected chi connectivity index (χ3v) is 6.57. The second-order valence-corrected chi connectivity index (χ2v) is 8.71. The molecule has 1 aromatic heterocycles. The maximum absolute atomic E-state index is 13.8. The Hall–Kier alpha value is -3.19. The number of aromatic nitrogens is 1. The van der Waals surface area contributed by atoms with E-state index in [2.05, 4.69) is 21.2 Å². The van der Waals surface area contributed by atoms with E-state index in [-0.39, 0.29) is 18.4 Å². The molecule has 2 aromatic carbocycles. The molecule has 1 aliphatic heterocycles. The van der Waals surface area contributed by atoms with Gasteiger partial charge in [-0.15, -0.1) is 0 Å². The first-order chi connectivity index (χ1) is 15.3. The number of halogens is 1. The minimum atomic E-state index is -1.26. The molecule has 32 heavy (non-hydrogen) atoms. The largest absolute Gasteiger partial charge is 0.494 e. The molecular weight excluding hydrogens is 470 g/mol. The molecular formula is C25H25BrN3O3+. The van der Waals surface area contributed by atoms with E-state index in [0.717, 1.165) is 21.5 Å². The standard InChI is InChI=1S/C25H24BrN3O3/c1-4-32-20-12-9-18(10-13-20)27-24(31)25(3)22-7-5-6-14-28(22)16-23(30)29(25)19-11-8-17(2)21(26)15-19/h5-15H,4,16H2,1-3H3/p+1. The molecule has 0 spiro atoms. The number of hydrogen-bond donors (Lipinski definition) is 1. The highest BCUT2D eigenvalue weighted by atomic mass is 79.9. The van der Waals surface area contributed by atoms with Gasteiger partial charge in [0.05, 0.1) is 6.61 Å². The number of anilines is 2. The minimum Gasteiger partial charge on any atom is -0.494 e. The summed E-state index contributed by atoms with van der Waals surface area (Å²) in [5, 5.41) is 3.00. The summed E-state index contributed by atoms with van der Waals surface area (Å²) in [7, 11) is 0. The number of nitrogens with one attached hydrogen (secondary N) is 1.